The Labute approximate surface area is 141 Å². The number of likely N-dealkylation sites (N-methyl/N-ethyl adjacent to an activating group) is 1. The summed E-state index contributed by atoms with van der Waals surface area (Å²) in [5.41, 5.74) is 0.708. The summed E-state index contributed by atoms with van der Waals surface area (Å²) in [6.07, 6.45) is 1.20. The van der Waals surface area contributed by atoms with Crippen LogP contribution in [0.4, 0.5) is 0 Å². The zero-order valence-electron chi connectivity index (χ0n) is 13.1. The molecule has 2 N–H and O–H groups in total. The van der Waals surface area contributed by atoms with Crippen molar-refractivity contribution < 1.29 is 18.3 Å². The largest absolute Gasteiger partial charge is 0.480 e. The SMILES string of the molecule is CCN(CC(=O)O)C1CC(NS(=O)(=O)c2cccc(C)c2Cl)C1. The third-order valence-electron chi connectivity index (χ3n) is 4.14. The average Bonchev–Trinajstić information content (AvgIpc) is 2.42. The highest BCUT2D eigenvalue weighted by atomic mass is 35.5. The van der Waals surface area contributed by atoms with Crippen molar-refractivity contribution in [3.05, 3.63) is 28.8 Å². The van der Waals surface area contributed by atoms with Gasteiger partial charge in [0, 0.05) is 12.1 Å². The molecule has 0 unspecified atom stereocenters. The summed E-state index contributed by atoms with van der Waals surface area (Å²) in [7, 11) is -3.67. The second kappa shape index (κ2) is 7.17. The third-order valence-corrected chi connectivity index (χ3v) is 6.32. The van der Waals surface area contributed by atoms with Crippen molar-refractivity contribution >= 4 is 27.6 Å². The molecule has 0 heterocycles. The smallest absolute Gasteiger partial charge is 0.317 e. The van der Waals surface area contributed by atoms with Crippen molar-refractivity contribution in [1.29, 1.82) is 0 Å². The van der Waals surface area contributed by atoms with Crippen LogP contribution >= 0.6 is 11.6 Å². The summed E-state index contributed by atoms with van der Waals surface area (Å²) in [5, 5.41) is 9.11. The molecule has 0 bridgehead atoms. The van der Waals surface area contributed by atoms with Gasteiger partial charge in [-0.15, -0.1) is 0 Å². The Hall–Kier alpha value is -1.15. The number of hydrogen-bond donors (Lipinski definition) is 2. The first-order valence-electron chi connectivity index (χ1n) is 7.48. The number of carboxylic acid groups (broad SMARTS) is 1. The van der Waals surface area contributed by atoms with Gasteiger partial charge >= 0.3 is 5.97 Å². The van der Waals surface area contributed by atoms with Crippen LogP contribution in [0, 0.1) is 6.92 Å². The van der Waals surface area contributed by atoms with Gasteiger partial charge < -0.3 is 5.11 Å². The number of carbonyl (C=O) groups is 1. The molecule has 1 aromatic rings. The monoisotopic (exact) mass is 360 g/mol. The minimum atomic E-state index is -3.67. The number of carboxylic acids is 1. The zero-order chi connectivity index (χ0) is 17.2. The number of sulfonamides is 1. The number of halogens is 1. The van der Waals surface area contributed by atoms with Gasteiger partial charge in [0.15, 0.2) is 0 Å². The maximum atomic E-state index is 12.4. The lowest BCUT2D eigenvalue weighted by Crippen LogP contribution is -2.54. The molecule has 1 fully saturated rings. The molecule has 8 heteroatoms. The van der Waals surface area contributed by atoms with Crippen LogP contribution in [0.3, 0.4) is 0 Å². The lowest BCUT2D eigenvalue weighted by molar-refractivity contribution is -0.139. The molecule has 0 aliphatic heterocycles. The molecule has 1 saturated carbocycles. The van der Waals surface area contributed by atoms with Gasteiger partial charge in [0.25, 0.3) is 0 Å². The number of nitrogens with one attached hydrogen (secondary N) is 1. The first kappa shape index (κ1) is 18.2. The topological polar surface area (TPSA) is 86.7 Å². The average molecular weight is 361 g/mol. The van der Waals surface area contributed by atoms with E-state index in [0.717, 1.165) is 0 Å². The van der Waals surface area contributed by atoms with Gasteiger partial charge in [-0.25, -0.2) is 13.1 Å². The molecule has 2 rings (SSSR count). The molecule has 0 saturated heterocycles. The Morgan fingerprint density at radius 1 is 1.43 bits per heavy atom. The van der Waals surface area contributed by atoms with Crippen molar-refractivity contribution in [3.8, 4) is 0 Å². The highest BCUT2D eigenvalue weighted by Crippen LogP contribution is 2.29. The highest BCUT2D eigenvalue weighted by Gasteiger charge is 2.36. The first-order valence-corrected chi connectivity index (χ1v) is 9.34. The van der Waals surface area contributed by atoms with E-state index < -0.39 is 16.0 Å². The van der Waals surface area contributed by atoms with Crippen LogP contribution in [0.25, 0.3) is 0 Å². The van der Waals surface area contributed by atoms with Gasteiger partial charge in [-0.2, -0.15) is 0 Å². The molecular formula is C15H21ClN2O4S. The number of aryl methyl sites for hydroxylation is 1. The Balaban J connectivity index is 1.99. The summed E-state index contributed by atoms with van der Waals surface area (Å²) >= 11 is 6.09. The normalized spacial score (nSPS) is 21.2. The Kier molecular flexibility index (Phi) is 5.67. The first-order chi connectivity index (χ1) is 10.7. The van der Waals surface area contributed by atoms with Crippen molar-refractivity contribution in [2.75, 3.05) is 13.1 Å². The third kappa shape index (κ3) is 4.23. The van der Waals surface area contributed by atoms with Crippen molar-refractivity contribution in [1.82, 2.24) is 9.62 Å². The lowest BCUT2D eigenvalue weighted by atomic mass is 9.86. The van der Waals surface area contributed by atoms with E-state index in [0.29, 0.717) is 24.9 Å². The van der Waals surface area contributed by atoms with Crippen LogP contribution in [0.15, 0.2) is 23.1 Å². The van der Waals surface area contributed by atoms with E-state index in [2.05, 4.69) is 4.72 Å². The van der Waals surface area contributed by atoms with Crippen LogP contribution in [-0.2, 0) is 14.8 Å². The molecule has 23 heavy (non-hydrogen) atoms. The number of hydrogen-bond acceptors (Lipinski definition) is 4. The minimum absolute atomic E-state index is 0.0235. The minimum Gasteiger partial charge on any atom is -0.480 e. The Morgan fingerprint density at radius 3 is 2.65 bits per heavy atom. The molecule has 0 amide bonds. The van der Waals surface area contributed by atoms with Gasteiger partial charge in [0.05, 0.1) is 11.6 Å². The van der Waals surface area contributed by atoms with Gasteiger partial charge in [0.1, 0.15) is 4.90 Å². The van der Waals surface area contributed by atoms with E-state index in [9.17, 15) is 13.2 Å². The fraction of sp³-hybridized carbons (Fsp3) is 0.533. The molecule has 6 nitrogen and oxygen atoms in total. The van der Waals surface area contributed by atoms with E-state index in [1.807, 2.05) is 11.8 Å². The Morgan fingerprint density at radius 2 is 2.09 bits per heavy atom. The number of rotatable bonds is 7. The van der Waals surface area contributed by atoms with E-state index in [-0.39, 0.29) is 28.5 Å². The Bertz CT molecular complexity index is 687. The van der Waals surface area contributed by atoms with Gasteiger partial charge in [0.2, 0.25) is 10.0 Å². The molecule has 0 radical (unpaired) electrons. The van der Waals surface area contributed by atoms with Crippen LogP contribution in [0.2, 0.25) is 5.02 Å². The van der Waals surface area contributed by atoms with Gasteiger partial charge in [-0.3, -0.25) is 9.69 Å². The summed E-state index contributed by atoms with van der Waals surface area (Å²) in [4.78, 5) is 12.7. The maximum absolute atomic E-state index is 12.4. The molecule has 1 aromatic carbocycles. The summed E-state index contributed by atoms with van der Waals surface area (Å²) in [5.74, 6) is -0.873. The fourth-order valence-corrected chi connectivity index (χ4v) is 4.61. The van der Waals surface area contributed by atoms with Crippen LogP contribution in [0.1, 0.15) is 25.3 Å². The van der Waals surface area contributed by atoms with E-state index in [1.165, 1.54) is 6.07 Å². The molecule has 1 aliphatic rings. The number of aliphatic carboxylic acids is 1. The molecule has 0 spiro atoms. The molecule has 1 aliphatic carbocycles. The van der Waals surface area contributed by atoms with Crippen molar-refractivity contribution in [2.45, 2.75) is 43.7 Å². The van der Waals surface area contributed by atoms with E-state index >= 15 is 0 Å². The quantitative estimate of drug-likeness (QED) is 0.775. The van der Waals surface area contributed by atoms with Crippen LogP contribution in [-0.4, -0.2) is 49.6 Å². The van der Waals surface area contributed by atoms with E-state index in [4.69, 9.17) is 16.7 Å². The van der Waals surface area contributed by atoms with Crippen LogP contribution < -0.4 is 4.72 Å². The van der Waals surface area contributed by atoms with E-state index in [1.54, 1.807) is 19.1 Å². The zero-order valence-corrected chi connectivity index (χ0v) is 14.7. The fourth-order valence-electron chi connectivity index (χ4n) is 2.77. The second-order valence-electron chi connectivity index (χ2n) is 5.79. The van der Waals surface area contributed by atoms with Gasteiger partial charge in [-0.1, -0.05) is 30.7 Å². The molecule has 128 valence electrons. The summed E-state index contributed by atoms with van der Waals surface area (Å²) in [6, 6.07) is 4.80. The second-order valence-corrected chi connectivity index (χ2v) is 7.85. The summed E-state index contributed by atoms with van der Waals surface area (Å²) in [6.45, 7) is 4.25. The van der Waals surface area contributed by atoms with Crippen molar-refractivity contribution in [2.24, 2.45) is 0 Å². The van der Waals surface area contributed by atoms with Crippen molar-refractivity contribution in [3.63, 3.8) is 0 Å². The molecule has 0 atom stereocenters. The predicted octanol–water partition coefficient (Wildman–Crippen LogP) is 1.86. The highest BCUT2D eigenvalue weighted by molar-refractivity contribution is 7.89. The van der Waals surface area contributed by atoms with Crippen LogP contribution in [0.5, 0.6) is 0 Å². The maximum Gasteiger partial charge on any atom is 0.317 e. The standard InChI is InChI=1S/C15H21ClN2O4S/c1-3-18(9-14(19)20)12-7-11(8-12)17-23(21,22)13-6-4-5-10(2)15(13)16/h4-6,11-12,17H,3,7-9H2,1-2H3,(H,19,20). The van der Waals surface area contributed by atoms with Gasteiger partial charge in [-0.05, 0) is 37.9 Å². The number of benzene rings is 1. The summed E-state index contributed by atoms with van der Waals surface area (Å²) < 4.78 is 27.5. The number of nitrogens with zero attached hydrogens (tertiary/aromatic N) is 1. The molecule has 0 aromatic heterocycles. The lowest BCUT2D eigenvalue weighted by Gasteiger charge is -2.42. The predicted molar refractivity (Wildman–Crippen MR) is 88.2 cm³/mol. The molecular weight excluding hydrogens is 340 g/mol.